The Balaban J connectivity index is 2.93. The highest BCUT2D eigenvalue weighted by Crippen LogP contribution is 2.28. The van der Waals surface area contributed by atoms with Crippen molar-refractivity contribution in [3.63, 3.8) is 0 Å². The molecule has 0 radical (unpaired) electrons. The van der Waals surface area contributed by atoms with Gasteiger partial charge in [-0.25, -0.2) is 0 Å². The van der Waals surface area contributed by atoms with E-state index in [4.69, 9.17) is 21.1 Å². The number of ether oxygens (including phenoxy) is 2. The Labute approximate surface area is 108 Å². The lowest BCUT2D eigenvalue weighted by Crippen LogP contribution is -2.25. The third-order valence-corrected chi connectivity index (χ3v) is 2.74. The summed E-state index contributed by atoms with van der Waals surface area (Å²) in [4.78, 5) is 0. The first-order valence-corrected chi connectivity index (χ1v) is 6.25. The van der Waals surface area contributed by atoms with Gasteiger partial charge in [-0.05, 0) is 31.7 Å². The second-order valence-corrected chi connectivity index (χ2v) is 4.09. The van der Waals surface area contributed by atoms with E-state index in [2.05, 4.69) is 12.2 Å². The monoisotopic (exact) mass is 257 g/mol. The highest BCUT2D eigenvalue weighted by atomic mass is 35.5. The van der Waals surface area contributed by atoms with Crippen LogP contribution in [0.5, 0.6) is 5.75 Å². The average Bonchev–Trinajstić information content (AvgIpc) is 2.34. The molecule has 96 valence electrons. The smallest absolute Gasteiger partial charge is 0.123 e. The zero-order valence-electron chi connectivity index (χ0n) is 10.6. The molecule has 0 spiro atoms. The van der Waals surface area contributed by atoms with Crippen LogP contribution in [0.1, 0.15) is 25.5 Å². The van der Waals surface area contributed by atoms with Gasteiger partial charge in [-0.3, -0.25) is 0 Å². The summed E-state index contributed by atoms with van der Waals surface area (Å²) in [6, 6.07) is 5.74. The van der Waals surface area contributed by atoms with Gasteiger partial charge in [0.1, 0.15) is 5.75 Å². The minimum Gasteiger partial charge on any atom is -0.496 e. The lowest BCUT2D eigenvalue weighted by Gasteiger charge is -2.20. The van der Waals surface area contributed by atoms with Crippen LogP contribution in [-0.4, -0.2) is 26.9 Å². The summed E-state index contributed by atoms with van der Waals surface area (Å²) >= 11 is 6.03. The summed E-state index contributed by atoms with van der Waals surface area (Å²) in [5, 5.41) is 4.08. The molecule has 1 unspecified atom stereocenters. The standard InChI is InChI=1S/C13H20ClNO2/c1-4-15-12(9-17-5-2)11-8-10(14)6-7-13(11)16-3/h6-8,12,15H,4-5,9H2,1-3H3. The number of hydrogen-bond acceptors (Lipinski definition) is 3. The summed E-state index contributed by atoms with van der Waals surface area (Å²) in [6.07, 6.45) is 0. The third kappa shape index (κ3) is 4.19. The molecular weight excluding hydrogens is 238 g/mol. The van der Waals surface area contributed by atoms with Gasteiger partial charge in [0.15, 0.2) is 0 Å². The summed E-state index contributed by atoms with van der Waals surface area (Å²) < 4.78 is 10.8. The van der Waals surface area contributed by atoms with E-state index in [9.17, 15) is 0 Å². The topological polar surface area (TPSA) is 30.5 Å². The van der Waals surface area contributed by atoms with Crippen LogP contribution in [0.25, 0.3) is 0 Å². The third-order valence-electron chi connectivity index (χ3n) is 2.51. The minimum absolute atomic E-state index is 0.105. The van der Waals surface area contributed by atoms with Crippen LogP contribution in [0.15, 0.2) is 18.2 Å². The van der Waals surface area contributed by atoms with Crippen LogP contribution in [0.2, 0.25) is 5.02 Å². The molecule has 0 aliphatic heterocycles. The summed E-state index contributed by atoms with van der Waals surface area (Å²) in [7, 11) is 1.66. The maximum Gasteiger partial charge on any atom is 0.123 e. The van der Waals surface area contributed by atoms with Gasteiger partial charge in [0.2, 0.25) is 0 Å². The van der Waals surface area contributed by atoms with Gasteiger partial charge < -0.3 is 14.8 Å². The molecule has 1 aromatic rings. The number of benzene rings is 1. The Morgan fingerprint density at radius 3 is 2.71 bits per heavy atom. The Morgan fingerprint density at radius 2 is 2.12 bits per heavy atom. The molecule has 0 fully saturated rings. The van der Waals surface area contributed by atoms with Crippen molar-refractivity contribution < 1.29 is 9.47 Å². The largest absolute Gasteiger partial charge is 0.496 e. The van der Waals surface area contributed by atoms with E-state index in [-0.39, 0.29) is 6.04 Å². The first kappa shape index (κ1) is 14.3. The highest BCUT2D eigenvalue weighted by molar-refractivity contribution is 6.30. The van der Waals surface area contributed by atoms with E-state index < -0.39 is 0 Å². The van der Waals surface area contributed by atoms with Gasteiger partial charge in [0.25, 0.3) is 0 Å². The van der Waals surface area contributed by atoms with Gasteiger partial charge in [-0.15, -0.1) is 0 Å². The Kier molecular flexibility index (Phi) is 6.34. The Morgan fingerprint density at radius 1 is 1.35 bits per heavy atom. The quantitative estimate of drug-likeness (QED) is 0.815. The van der Waals surface area contributed by atoms with Crippen molar-refractivity contribution in [1.29, 1.82) is 0 Å². The molecule has 0 amide bonds. The fourth-order valence-electron chi connectivity index (χ4n) is 1.72. The molecule has 3 nitrogen and oxygen atoms in total. The van der Waals surface area contributed by atoms with Gasteiger partial charge in [0, 0.05) is 17.2 Å². The van der Waals surface area contributed by atoms with Gasteiger partial charge in [-0.2, -0.15) is 0 Å². The molecule has 0 bridgehead atoms. The first-order chi connectivity index (χ1) is 8.22. The number of halogens is 1. The molecular formula is C13H20ClNO2. The van der Waals surface area contributed by atoms with E-state index in [0.717, 1.165) is 17.9 Å². The van der Waals surface area contributed by atoms with Crippen molar-refractivity contribution in [2.45, 2.75) is 19.9 Å². The second-order valence-electron chi connectivity index (χ2n) is 3.66. The zero-order chi connectivity index (χ0) is 12.7. The zero-order valence-corrected chi connectivity index (χ0v) is 11.4. The van der Waals surface area contributed by atoms with Crippen molar-refractivity contribution in [2.75, 3.05) is 26.9 Å². The van der Waals surface area contributed by atoms with Crippen molar-refractivity contribution in [3.05, 3.63) is 28.8 Å². The maximum absolute atomic E-state index is 6.03. The minimum atomic E-state index is 0.105. The van der Waals surface area contributed by atoms with Gasteiger partial charge in [-0.1, -0.05) is 18.5 Å². The molecule has 0 aromatic heterocycles. The number of rotatable bonds is 7. The highest BCUT2D eigenvalue weighted by Gasteiger charge is 2.15. The second kappa shape index (κ2) is 7.54. The fourth-order valence-corrected chi connectivity index (χ4v) is 1.90. The van der Waals surface area contributed by atoms with Gasteiger partial charge >= 0.3 is 0 Å². The average molecular weight is 258 g/mol. The maximum atomic E-state index is 6.03. The van der Waals surface area contributed by atoms with E-state index in [1.807, 2.05) is 25.1 Å². The first-order valence-electron chi connectivity index (χ1n) is 5.87. The molecule has 0 saturated heterocycles. The van der Waals surface area contributed by atoms with Crippen LogP contribution < -0.4 is 10.1 Å². The summed E-state index contributed by atoms with van der Waals surface area (Å²) in [5.41, 5.74) is 1.04. The van der Waals surface area contributed by atoms with Crippen LogP contribution in [-0.2, 0) is 4.74 Å². The molecule has 17 heavy (non-hydrogen) atoms. The molecule has 1 rings (SSSR count). The molecule has 0 aliphatic rings. The lowest BCUT2D eigenvalue weighted by atomic mass is 10.1. The normalized spacial score (nSPS) is 12.5. The molecule has 0 saturated carbocycles. The van der Waals surface area contributed by atoms with Crippen molar-refractivity contribution >= 4 is 11.6 Å². The number of likely N-dealkylation sites (N-methyl/N-ethyl adjacent to an activating group) is 1. The van der Waals surface area contributed by atoms with Crippen LogP contribution in [0, 0.1) is 0 Å². The molecule has 1 N–H and O–H groups in total. The summed E-state index contributed by atoms with van der Waals surface area (Å²) in [6.45, 7) is 6.23. The van der Waals surface area contributed by atoms with Crippen LogP contribution in [0.4, 0.5) is 0 Å². The number of methoxy groups -OCH3 is 1. The predicted octanol–water partition coefficient (Wildman–Crippen LogP) is 3.04. The van der Waals surface area contributed by atoms with E-state index in [1.54, 1.807) is 7.11 Å². The van der Waals surface area contributed by atoms with Crippen LogP contribution >= 0.6 is 11.6 Å². The van der Waals surface area contributed by atoms with Crippen molar-refractivity contribution in [3.8, 4) is 5.75 Å². The van der Waals surface area contributed by atoms with E-state index in [1.165, 1.54) is 0 Å². The van der Waals surface area contributed by atoms with Gasteiger partial charge in [0.05, 0.1) is 19.8 Å². The summed E-state index contributed by atoms with van der Waals surface area (Å²) in [5.74, 6) is 0.833. The molecule has 1 aromatic carbocycles. The number of nitrogens with one attached hydrogen (secondary N) is 1. The Hall–Kier alpha value is -0.770. The molecule has 4 heteroatoms. The molecule has 0 aliphatic carbocycles. The van der Waals surface area contributed by atoms with Crippen molar-refractivity contribution in [2.24, 2.45) is 0 Å². The fraction of sp³-hybridized carbons (Fsp3) is 0.538. The lowest BCUT2D eigenvalue weighted by molar-refractivity contribution is 0.122. The SMILES string of the molecule is CCNC(COCC)c1cc(Cl)ccc1OC. The van der Waals surface area contributed by atoms with Crippen LogP contribution in [0.3, 0.4) is 0 Å². The molecule has 1 atom stereocenters. The van der Waals surface area contributed by atoms with E-state index >= 15 is 0 Å². The Bertz CT molecular complexity index is 344. The van der Waals surface area contributed by atoms with E-state index in [0.29, 0.717) is 18.2 Å². The number of hydrogen-bond donors (Lipinski definition) is 1. The van der Waals surface area contributed by atoms with Crippen molar-refractivity contribution in [1.82, 2.24) is 5.32 Å². The predicted molar refractivity (Wildman–Crippen MR) is 70.9 cm³/mol. The molecule has 0 heterocycles.